The zero-order chi connectivity index (χ0) is 8.97. The van der Waals surface area contributed by atoms with Gasteiger partial charge in [0.05, 0.1) is 0 Å². The van der Waals surface area contributed by atoms with Crippen molar-refractivity contribution in [1.29, 1.82) is 0 Å². The molecule has 0 saturated carbocycles. The van der Waals surface area contributed by atoms with Crippen LogP contribution in [-0.2, 0) is 4.79 Å². The fraction of sp³-hybridized carbons (Fsp3) is 0.300. The van der Waals surface area contributed by atoms with E-state index in [1.807, 2.05) is 25.1 Å². The van der Waals surface area contributed by atoms with E-state index < -0.39 is 0 Å². The number of carbonyl (C=O) groups excluding carboxylic acids is 1. The van der Waals surface area contributed by atoms with Gasteiger partial charge in [0.2, 0.25) is 0 Å². The minimum atomic E-state index is -0.190. The van der Waals surface area contributed by atoms with Crippen molar-refractivity contribution < 1.29 is 9.53 Å². The molecule has 0 unspecified atom stereocenters. The van der Waals surface area contributed by atoms with Gasteiger partial charge in [-0.2, -0.15) is 0 Å². The normalized spacial score (nSPS) is 8.77. The summed E-state index contributed by atoms with van der Waals surface area (Å²) in [4.78, 5) is 10.9. The summed E-state index contributed by atoms with van der Waals surface area (Å²) in [5.41, 5.74) is 0.985. The van der Waals surface area contributed by atoms with E-state index in [2.05, 4.69) is 0 Å². The van der Waals surface area contributed by atoms with Gasteiger partial charge in [0.15, 0.2) is 0 Å². The summed E-state index contributed by atoms with van der Waals surface area (Å²) in [6, 6.07) is 7.48. The fourth-order valence-corrected chi connectivity index (χ4v) is 0.866. The lowest BCUT2D eigenvalue weighted by Gasteiger charge is -2.04. The van der Waals surface area contributed by atoms with Crippen LogP contribution in [0.15, 0.2) is 24.3 Å². The third-order valence-electron chi connectivity index (χ3n) is 1.61. The molecule has 0 saturated heterocycles. The van der Waals surface area contributed by atoms with Gasteiger partial charge >= 0.3 is 5.97 Å². The maximum Gasteiger partial charge on any atom is 0.310 e. The number of hydrogen-bond acceptors (Lipinski definition) is 2. The Labute approximate surface area is 84.3 Å². The number of rotatable bonds is 2. The number of benzene rings is 1. The standard InChI is InChI=1S/C10H12O2.ClH/c1-3-10(11)12-9-7-5-4-6-8(9)2;/h4-7H,3H2,1-2H3;1H. The van der Waals surface area contributed by atoms with Crippen LogP contribution in [0.2, 0.25) is 0 Å². The molecule has 0 fully saturated rings. The van der Waals surface area contributed by atoms with Crippen molar-refractivity contribution in [2.75, 3.05) is 0 Å². The molecule has 0 N–H and O–H groups in total. The van der Waals surface area contributed by atoms with Gasteiger partial charge < -0.3 is 4.74 Å². The van der Waals surface area contributed by atoms with Crippen LogP contribution in [0.25, 0.3) is 0 Å². The van der Waals surface area contributed by atoms with Crippen molar-refractivity contribution in [3.63, 3.8) is 0 Å². The lowest BCUT2D eigenvalue weighted by molar-refractivity contribution is -0.134. The van der Waals surface area contributed by atoms with Crippen LogP contribution in [-0.4, -0.2) is 5.97 Å². The molecular weight excluding hydrogens is 188 g/mol. The summed E-state index contributed by atoms with van der Waals surface area (Å²) in [7, 11) is 0. The molecule has 0 aromatic heterocycles. The van der Waals surface area contributed by atoms with Crippen LogP contribution in [0.3, 0.4) is 0 Å². The Morgan fingerprint density at radius 1 is 1.38 bits per heavy atom. The van der Waals surface area contributed by atoms with Gasteiger partial charge in [-0.25, -0.2) is 0 Å². The molecule has 0 spiro atoms. The highest BCUT2D eigenvalue weighted by Crippen LogP contribution is 2.16. The lowest BCUT2D eigenvalue weighted by Crippen LogP contribution is -2.06. The molecule has 0 aliphatic carbocycles. The van der Waals surface area contributed by atoms with Gasteiger partial charge in [0.1, 0.15) is 5.75 Å². The first-order chi connectivity index (χ1) is 5.74. The second-order valence-corrected chi connectivity index (χ2v) is 2.59. The van der Waals surface area contributed by atoms with E-state index in [9.17, 15) is 4.79 Å². The summed E-state index contributed by atoms with van der Waals surface area (Å²) in [6.45, 7) is 3.69. The van der Waals surface area contributed by atoms with Crippen LogP contribution in [0.1, 0.15) is 18.9 Å². The monoisotopic (exact) mass is 200 g/mol. The Morgan fingerprint density at radius 2 is 2.00 bits per heavy atom. The van der Waals surface area contributed by atoms with Crippen LogP contribution < -0.4 is 4.74 Å². The van der Waals surface area contributed by atoms with E-state index in [1.54, 1.807) is 13.0 Å². The maximum atomic E-state index is 10.9. The van der Waals surface area contributed by atoms with E-state index in [4.69, 9.17) is 4.74 Å². The first-order valence-corrected chi connectivity index (χ1v) is 4.00. The molecule has 0 aliphatic heterocycles. The number of ether oxygens (including phenoxy) is 1. The van der Waals surface area contributed by atoms with E-state index in [0.29, 0.717) is 12.2 Å². The maximum absolute atomic E-state index is 10.9. The number of carbonyl (C=O) groups is 1. The van der Waals surface area contributed by atoms with Crippen molar-refractivity contribution in [1.82, 2.24) is 0 Å². The third-order valence-corrected chi connectivity index (χ3v) is 1.61. The van der Waals surface area contributed by atoms with E-state index in [0.717, 1.165) is 5.56 Å². The number of para-hydroxylation sites is 1. The van der Waals surface area contributed by atoms with E-state index in [1.165, 1.54) is 0 Å². The van der Waals surface area contributed by atoms with Crippen LogP contribution in [0.5, 0.6) is 5.75 Å². The van der Waals surface area contributed by atoms with Gasteiger partial charge in [-0.05, 0) is 18.6 Å². The third kappa shape index (κ3) is 3.47. The van der Waals surface area contributed by atoms with Crippen LogP contribution in [0, 0.1) is 6.92 Å². The SMILES string of the molecule is CCC(=O)Oc1ccccc1C.Cl. The molecular formula is C10H13ClO2. The summed E-state index contributed by atoms with van der Waals surface area (Å²) in [5.74, 6) is 0.466. The predicted octanol–water partition coefficient (Wildman–Crippen LogP) is 2.73. The molecule has 2 nitrogen and oxygen atoms in total. The van der Waals surface area contributed by atoms with Gasteiger partial charge in [-0.15, -0.1) is 12.4 Å². The molecule has 0 aliphatic rings. The molecule has 1 rings (SSSR count). The molecule has 13 heavy (non-hydrogen) atoms. The Kier molecular flexibility index (Phi) is 5.16. The van der Waals surface area contributed by atoms with Gasteiger partial charge in [-0.1, -0.05) is 25.1 Å². The van der Waals surface area contributed by atoms with Crippen LogP contribution >= 0.6 is 12.4 Å². The number of halogens is 1. The molecule has 3 heteroatoms. The number of aryl methyl sites for hydroxylation is 1. The van der Waals surface area contributed by atoms with Gasteiger partial charge in [-0.3, -0.25) is 4.79 Å². The highest BCUT2D eigenvalue weighted by atomic mass is 35.5. The minimum Gasteiger partial charge on any atom is -0.426 e. The average molecular weight is 201 g/mol. The Morgan fingerprint density at radius 3 is 2.54 bits per heavy atom. The highest BCUT2D eigenvalue weighted by Gasteiger charge is 2.02. The van der Waals surface area contributed by atoms with Crippen molar-refractivity contribution in [3.05, 3.63) is 29.8 Å². The summed E-state index contributed by atoms with van der Waals surface area (Å²) < 4.78 is 5.06. The quantitative estimate of drug-likeness (QED) is 0.542. The zero-order valence-corrected chi connectivity index (χ0v) is 8.56. The first kappa shape index (κ1) is 12.0. The first-order valence-electron chi connectivity index (χ1n) is 4.00. The second-order valence-electron chi connectivity index (χ2n) is 2.59. The summed E-state index contributed by atoms with van der Waals surface area (Å²) >= 11 is 0. The topological polar surface area (TPSA) is 26.3 Å². The summed E-state index contributed by atoms with van der Waals surface area (Å²) in [6.07, 6.45) is 0.411. The Hall–Kier alpha value is -1.02. The molecule has 0 atom stereocenters. The molecule has 0 radical (unpaired) electrons. The number of hydrogen-bond donors (Lipinski definition) is 0. The van der Waals surface area contributed by atoms with E-state index in [-0.39, 0.29) is 18.4 Å². The average Bonchev–Trinajstić information content (AvgIpc) is 2.09. The van der Waals surface area contributed by atoms with Crippen molar-refractivity contribution in [2.24, 2.45) is 0 Å². The summed E-state index contributed by atoms with van der Waals surface area (Å²) in [5, 5.41) is 0. The number of esters is 1. The van der Waals surface area contributed by atoms with Crippen molar-refractivity contribution in [2.45, 2.75) is 20.3 Å². The Bertz CT molecular complexity index is 284. The molecule has 0 heterocycles. The van der Waals surface area contributed by atoms with Crippen molar-refractivity contribution in [3.8, 4) is 5.75 Å². The van der Waals surface area contributed by atoms with Gasteiger partial charge in [0, 0.05) is 6.42 Å². The predicted molar refractivity (Wildman–Crippen MR) is 54.4 cm³/mol. The smallest absolute Gasteiger partial charge is 0.310 e. The minimum absolute atomic E-state index is 0. The molecule has 1 aromatic carbocycles. The molecule has 0 amide bonds. The Balaban J connectivity index is 0.00000144. The molecule has 1 aromatic rings. The van der Waals surface area contributed by atoms with Crippen molar-refractivity contribution >= 4 is 18.4 Å². The van der Waals surface area contributed by atoms with Crippen LogP contribution in [0.4, 0.5) is 0 Å². The fourth-order valence-electron chi connectivity index (χ4n) is 0.866. The molecule has 72 valence electrons. The van der Waals surface area contributed by atoms with Gasteiger partial charge in [0.25, 0.3) is 0 Å². The largest absolute Gasteiger partial charge is 0.426 e. The second kappa shape index (κ2) is 5.60. The lowest BCUT2D eigenvalue weighted by atomic mass is 10.2. The van der Waals surface area contributed by atoms with E-state index >= 15 is 0 Å². The molecule has 0 bridgehead atoms. The zero-order valence-electron chi connectivity index (χ0n) is 7.74. The highest BCUT2D eigenvalue weighted by molar-refractivity contribution is 5.85.